The van der Waals surface area contributed by atoms with Crippen molar-refractivity contribution in [2.24, 2.45) is 0 Å². The molecule has 0 atom stereocenters. The topological polar surface area (TPSA) is 78.6 Å². The summed E-state index contributed by atoms with van der Waals surface area (Å²) in [5.41, 5.74) is 8.13. The van der Waals surface area contributed by atoms with E-state index < -0.39 is 5.97 Å². The van der Waals surface area contributed by atoms with Crippen LogP contribution in [0.2, 0.25) is 0 Å². The highest BCUT2D eigenvalue weighted by molar-refractivity contribution is 7.18. The van der Waals surface area contributed by atoms with Gasteiger partial charge >= 0.3 is 5.97 Å². The Hall–Kier alpha value is -2.34. The van der Waals surface area contributed by atoms with Crippen LogP contribution < -0.4 is 10.5 Å². The molecule has 2 rings (SSSR count). The lowest BCUT2D eigenvalue weighted by atomic mass is 10.1. The molecule has 22 heavy (non-hydrogen) atoms. The maximum atomic E-state index is 11.9. The molecule has 0 aliphatic carbocycles. The number of benzene rings is 1. The summed E-state index contributed by atoms with van der Waals surface area (Å²) in [4.78, 5) is 24.3. The van der Waals surface area contributed by atoms with Crippen molar-refractivity contribution in [3.8, 4) is 16.2 Å². The molecule has 0 saturated heterocycles. The Balaban J connectivity index is 2.52. The van der Waals surface area contributed by atoms with Gasteiger partial charge in [0, 0.05) is 16.1 Å². The SMILES string of the molecule is COC(=O)c1sc(-c2cccc(N)c2)c(C)c1OCC(C)=O. The third-order valence-electron chi connectivity index (χ3n) is 3.03. The first kappa shape index (κ1) is 16.0. The van der Waals surface area contributed by atoms with Crippen molar-refractivity contribution in [3.05, 3.63) is 34.7 Å². The molecular formula is C16H17NO4S. The van der Waals surface area contributed by atoms with Crippen LogP contribution in [0.1, 0.15) is 22.2 Å². The number of ketones is 1. The molecule has 0 aliphatic heterocycles. The predicted octanol–water partition coefficient (Wildman–Crippen LogP) is 3.06. The van der Waals surface area contributed by atoms with Crippen LogP contribution >= 0.6 is 11.3 Å². The number of nitrogens with two attached hydrogens (primary N) is 1. The number of esters is 1. The first-order valence-corrected chi connectivity index (χ1v) is 7.45. The molecule has 0 aliphatic rings. The summed E-state index contributed by atoms with van der Waals surface area (Å²) in [6.07, 6.45) is 0. The van der Waals surface area contributed by atoms with E-state index in [1.54, 1.807) is 6.07 Å². The molecule has 0 spiro atoms. The van der Waals surface area contributed by atoms with E-state index in [1.807, 2.05) is 25.1 Å². The lowest BCUT2D eigenvalue weighted by Gasteiger charge is -2.06. The van der Waals surface area contributed by atoms with Crippen LogP contribution in [0, 0.1) is 6.92 Å². The van der Waals surface area contributed by atoms with Crippen molar-refractivity contribution in [1.82, 2.24) is 0 Å². The maximum absolute atomic E-state index is 11.9. The molecule has 0 bridgehead atoms. The first-order chi connectivity index (χ1) is 10.4. The van der Waals surface area contributed by atoms with E-state index in [-0.39, 0.29) is 12.4 Å². The minimum absolute atomic E-state index is 0.0854. The molecule has 2 aromatic rings. The van der Waals surface area contributed by atoms with Gasteiger partial charge in [0.15, 0.2) is 10.7 Å². The van der Waals surface area contributed by atoms with Gasteiger partial charge < -0.3 is 15.2 Å². The Bertz CT molecular complexity index is 721. The van der Waals surface area contributed by atoms with Crippen LogP contribution in [0.15, 0.2) is 24.3 Å². The van der Waals surface area contributed by atoms with Crippen LogP contribution in [0.5, 0.6) is 5.75 Å². The maximum Gasteiger partial charge on any atom is 0.351 e. The third kappa shape index (κ3) is 3.28. The monoisotopic (exact) mass is 319 g/mol. The van der Waals surface area contributed by atoms with E-state index in [0.717, 1.165) is 16.0 Å². The number of hydrogen-bond acceptors (Lipinski definition) is 6. The number of anilines is 1. The number of ether oxygens (including phenoxy) is 2. The molecule has 1 aromatic carbocycles. The third-order valence-corrected chi connectivity index (χ3v) is 4.33. The fourth-order valence-electron chi connectivity index (χ4n) is 2.03. The molecule has 0 fully saturated rings. The lowest BCUT2D eigenvalue weighted by Crippen LogP contribution is -2.09. The van der Waals surface area contributed by atoms with Crippen LogP contribution in [0.25, 0.3) is 10.4 Å². The van der Waals surface area contributed by atoms with Gasteiger partial charge in [-0.3, -0.25) is 4.79 Å². The zero-order valence-electron chi connectivity index (χ0n) is 12.6. The fourth-order valence-corrected chi connectivity index (χ4v) is 3.19. The van der Waals surface area contributed by atoms with Gasteiger partial charge in [0.1, 0.15) is 12.4 Å². The van der Waals surface area contributed by atoms with Crippen molar-refractivity contribution in [3.63, 3.8) is 0 Å². The standard InChI is InChI=1S/C16H17NO4S/c1-9(18)8-21-13-10(2)14(22-15(13)16(19)20-3)11-5-4-6-12(17)7-11/h4-7H,8,17H2,1-3H3. The highest BCUT2D eigenvalue weighted by Crippen LogP contribution is 2.42. The van der Waals surface area contributed by atoms with Crippen LogP contribution in [0.4, 0.5) is 5.69 Å². The molecule has 6 heteroatoms. The van der Waals surface area contributed by atoms with Crippen LogP contribution in [0.3, 0.4) is 0 Å². The largest absolute Gasteiger partial charge is 0.484 e. The summed E-state index contributed by atoms with van der Waals surface area (Å²) in [6.45, 7) is 3.19. The van der Waals surface area contributed by atoms with Crippen LogP contribution in [-0.4, -0.2) is 25.5 Å². The summed E-state index contributed by atoms with van der Waals surface area (Å²) < 4.78 is 10.3. The van der Waals surface area contributed by atoms with E-state index in [0.29, 0.717) is 16.3 Å². The number of thiophene rings is 1. The number of rotatable bonds is 5. The van der Waals surface area contributed by atoms with Gasteiger partial charge in [-0.25, -0.2) is 4.79 Å². The molecule has 2 N–H and O–H groups in total. The van der Waals surface area contributed by atoms with Crippen molar-refractivity contribution >= 4 is 28.8 Å². The van der Waals surface area contributed by atoms with E-state index in [9.17, 15) is 9.59 Å². The second-order valence-corrected chi connectivity index (χ2v) is 5.84. The second kappa shape index (κ2) is 6.62. The fraction of sp³-hybridized carbons (Fsp3) is 0.250. The predicted molar refractivity (Wildman–Crippen MR) is 86.4 cm³/mol. The lowest BCUT2D eigenvalue weighted by molar-refractivity contribution is -0.118. The number of nitrogen functional groups attached to an aromatic ring is 1. The van der Waals surface area contributed by atoms with Gasteiger partial charge in [-0.15, -0.1) is 11.3 Å². The molecule has 5 nitrogen and oxygen atoms in total. The second-order valence-electron chi connectivity index (χ2n) is 4.82. The van der Waals surface area contributed by atoms with Gasteiger partial charge in [-0.1, -0.05) is 12.1 Å². The number of carbonyl (C=O) groups excluding carboxylic acids is 2. The smallest absolute Gasteiger partial charge is 0.351 e. The van der Waals surface area contributed by atoms with Crippen molar-refractivity contribution in [2.75, 3.05) is 19.5 Å². The zero-order valence-corrected chi connectivity index (χ0v) is 13.5. The average molecular weight is 319 g/mol. The Labute approximate surface area is 132 Å². The normalized spacial score (nSPS) is 10.3. The minimum Gasteiger partial charge on any atom is -0.484 e. The highest BCUT2D eigenvalue weighted by atomic mass is 32.1. The van der Waals surface area contributed by atoms with Crippen molar-refractivity contribution in [1.29, 1.82) is 0 Å². The Morgan fingerprint density at radius 3 is 2.64 bits per heavy atom. The molecule has 1 aromatic heterocycles. The van der Waals surface area contributed by atoms with Gasteiger partial charge in [0.2, 0.25) is 0 Å². The molecule has 0 amide bonds. The Morgan fingerprint density at radius 2 is 2.05 bits per heavy atom. The molecule has 0 unspecified atom stereocenters. The molecular weight excluding hydrogens is 302 g/mol. The van der Waals surface area contributed by atoms with Crippen LogP contribution in [-0.2, 0) is 9.53 Å². The van der Waals surface area contributed by atoms with E-state index in [4.69, 9.17) is 15.2 Å². The van der Waals surface area contributed by atoms with Crippen molar-refractivity contribution in [2.45, 2.75) is 13.8 Å². The average Bonchev–Trinajstić information content (AvgIpc) is 2.81. The number of Topliss-reactive ketones (excluding diaryl/α,β-unsaturated/α-hetero) is 1. The van der Waals surface area contributed by atoms with Gasteiger partial charge in [0.05, 0.1) is 7.11 Å². The Morgan fingerprint density at radius 1 is 1.32 bits per heavy atom. The van der Waals surface area contributed by atoms with Gasteiger partial charge in [0.25, 0.3) is 0 Å². The highest BCUT2D eigenvalue weighted by Gasteiger charge is 2.23. The summed E-state index contributed by atoms with van der Waals surface area (Å²) >= 11 is 1.27. The first-order valence-electron chi connectivity index (χ1n) is 6.64. The van der Waals surface area contributed by atoms with Crippen molar-refractivity contribution < 1.29 is 19.1 Å². The minimum atomic E-state index is -0.484. The van der Waals surface area contributed by atoms with E-state index in [2.05, 4.69) is 0 Å². The van der Waals surface area contributed by atoms with Gasteiger partial charge in [-0.2, -0.15) is 0 Å². The molecule has 0 radical (unpaired) electrons. The number of hydrogen-bond donors (Lipinski definition) is 1. The summed E-state index contributed by atoms with van der Waals surface area (Å²) in [7, 11) is 1.31. The Kier molecular flexibility index (Phi) is 4.82. The zero-order chi connectivity index (χ0) is 16.3. The summed E-state index contributed by atoms with van der Waals surface area (Å²) in [6, 6.07) is 7.37. The summed E-state index contributed by atoms with van der Waals surface area (Å²) in [5.74, 6) is -0.210. The molecule has 116 valence electrons. The number of methoxy groups -OCH3 is 1. The number of carbonyl (C=O) groups is 2. The quantitative estimate of drug-likeness (QED) is 0.677. The van der Waals surface area contributed by atoms with E-state index in [1.165, 1.54) is 25.4 Å². The summed E-state index contributed by atoms with van der Waals surface area (Å²) in [5, 5.41) is 0. The van der Waals surface area contributed by atoms with E-state index >= 15 is 0 Å². The molecule has 1 heterocycles. The molecule has 0 saturated carbocycles. The van der Waals surface area contributed by atoms with Gasteiger partial charge in [-0.05, 0) is 31.5 Å².